The fourth-order valence-electron chi connectivity index (χ4n) is 3.14. The van der Waals surface area contributed by atoms with Gasteiger partial charge in [0, 0.05) is 30.4 Å². The Morgan fingerprint density at radius 3 is 2.90 bits per heavy atom. The number of rotatable bonds is 5. The second-order valence-corrected chi connectivity index (χ2v) is 6.05. The van der Waals surface area contributed by atoms with Crippen molar-refractivity contribution in [2.75, 3.05) is 13.1 Å². The van der Waals surface area contributed by atoms with Crippen molar-refractivity contribution in [1.82, 2.24) is 14.9 Å². The maximum absolute atomic E-state index is 4.37. The van der Waals surface area contributed by atoms with Gasteiger partial charge < -0.3 is 9.88 Å². The Bertz CT molecular complexity index is 538. The van der Waals surface area contributed by atoms with E-state index in [1.165, 1.54) is 17.7 Å². The minimum absolute atomic E-state index is 0.253. The number of nitrogens with zero attached hydrogens (tertiary/aromatic N) is 2. The van der Waals surface area contributed by atoms with Crippen LogP contribution in [0.4, 0.5) is 0 Å². The highest BCUT2D eigenvalue weighted by atomic mass is 15.1. The zero-order valence-electron chi connectivity index (χ0n) is 12.2. The fourth-order valence-corrected chi connectivity index (χ4v) is 3.14. The molecule has 1 atom stereocenters. The van der Waals surface area contributed by atoms with Crippen LogP contribution in [0.25, 0.3) is 0 Å². The summed E-state index contributed by atoms with van der Waals surface area (Å²) in [5.74, 6) is 0. The summed E-state index contributed by atoms with van der Waals surface area (Å²) < 4.78 is 2.34. The van der Waals surface area contributed by atoms with Crippen LogP contribution in [0.3, 0.4) is 0 Å². The molecule has 1 aliphatic rings. The lowest BCUT2D eigenvalue weighted by Gasteiger charge is -2.24. The predicted octanol–water partition coefficient (Wildman–Crippen LogP) is 2.77. The van der Waals surface area contributed by atoms with E-state index < -0.39 is 0 Å². The number of nitrogens with one attached hydrogen (secondary N) is 1. The molecule has 1 N–H and O–H groups in total. The van der Waals surface area contributed by atoms with Gasteiger partial charge in [0.1, 0.15) is 0 Å². The molecule has 3 nitrogen and oxygen atoms in total. The Labute approximate surface area is 121 Å². The molecule has 0 radical (unpaired) electrons. The predicted molar refractivity (Wildman–Crippen MR) is 81.8 cm³/mol. The molecule has 1 saturated heterocycles. The van der Waals surface area contributed by atoms with Gasteiger partial charge in [-0.2, -0.15) is 0 Å². The maximum Gasteiger partial charge on any atom is 0.0948 e. The molecule has 0 saturated carbocycles. The summed E-state index contributed by atoms with van der Waals surface area (Å²) >= 11 is 0. The van der Waals surface area contributed by atoms with E-state index in [1.54, 1.807) is 0 Å². The largest absolute Gasteiger partial charge is 0.334 e. The summed E-state index contributed by atoms with van der Waals surface area (Å²) in [6.45, 7) is 5.58. The average molecular weight is 269 g/mol. The first-order valence-corrected chi connectivity index (χ1v) is 7.53. The summed E-state index contributed by atoms with van der Waals surface area (Å²) in [5, 5.41) is 3.47. The number of aromatic nitrogens is 2. The minimum atomic E-state index is 0.253. The average Bonchev–Trinajstić information content (AvgIpc) is 3.10. The third kappa shape index (κ3) is 2.78. The van der Waals surface area contributed by atoms with Gasteiger partial charge >= 0.3 is 0 Å². The molecule has 1 aromatic heterocycles. The molecule has 20 heavy (non-hydrogen) atoms. The van der Waals surface area contributed by atoms with E-state index >= 15 is 0 Å². The van der Waals surface area contributed by atoms with Crippen LogP contribution in [-0.4, -0.2) is 22.6 Å². The Morgan fingerprint density at radius 1 is 1.30 bits per heavy atom. The molecule has 0 aliphatic carbocycles. The summed E-state index contributed by atoms with van der Waals surface area (Å²) in [6, 6.07) is 10.7. The first-order chi connectivity index (χ1) is 9.78. The zero-order valence-corrected chi connectivity index (χ0v) is 12.2. The van der Waals surface area contributed by atoms with Crippen LogP contribution in [0.5, 0.6) is 0 Å². The van der Waals surface area contributed by atoms with E-state index in [1.807, 2.05) is 6.33 Å². The maximum atomic E-state index is 4.37. The lowest BCUT2D eigenvalue weighted by molar-refractivity contribution is 0.467. The second-order valence-electron chi connectivity index (χ2n) is 6.05. The van der Waals surface area contributed by atoms with Crippen molar-refractivity contribution in [1.29, 1.82) is 0 Å². The van der Waals surface area contributed by atoms with E-state index in [9.17, 15) is 0 Å². The first kappa shape index (κ1) is 13.4. The quantitative estimate of drug-likeness (QED) is 0.904. The number of imidazole rings is 1. The highest BCUT2D eigenvalue weighted by Gasteiger charge is 2.33. The van der Waals surface area contributed by atoms with Gasteiger partial charge in [-0.25, -0.2) is 4.98 Å². The highest BCUT2D eigenvalue weighted by molar-refractivity contribution is 5.18. The SMILES string of the molecule is CC1(c2cncn2CCCc2ccccc2)CCNC1. The lowest BCUT2D eigenvalue weighted by atomic mass is 9.86. The molecule has 1 aliphatic heterocycles. The number of hydrogen-bond donors (Lipinski definition) is 1. The molecule has 2 aromatic rings. The van der Waals surface area contributed by atoms with Gasteiger partial charge in [-0.1, -0.05) is 37.3 Å². The van der Waals surface area contributed by atoms with Gasteiger partial charge in [-0.15, -0.1) is 0 Å². The van der Waals surface area contributed by atoms with Crippen molar-refractivity contribution in [3.05, 3.63) is 54.1 Å². The van der Waals surface area contributed by atoms with E-state index in [2.05, 4.69) is 58.3 Å². The highest BCUT2D eigenvalue weighted by Crippen LogP contribution is 2.29. The van der Waals surface area contributed by atoms with E-state index in [4.69, 9.17) is 0 Å². The van der Waals surface area contributed by atoms with Gasteiger partial charge in [0.15, 0.2) is 0 Å². The van der Waals surface area contributed by atoms with Gasteiger partial charge in [-0.05, 0) is 31.4 Å². The topological polar surface area (TPSA) is 29.9 Å². The molecular weight excluding hydrogens is 246 g/mol. The van der Waals surface area contributed by atoms with Gasteiger partial charge in [0.2, 0.25) is 0 Å². The van der Waals surface area contributed by atoms with Gasteiger partial charge in [0.25, 0.3) is 0 Å². The first-order valence-electron chi connectivity index (χ1n) is 7.53. The molecule has 1 aromatic carbocycles. The third-order valence-corrected chi connectivity index (χ3v) is 4.41. The van der Waals surface area contributed by atoms with Crippen molar-refractivity contribution in [3.8, 4) is 0 Å². The summed E-state index contributed by atoms with van der Waals surface area (Å²) in [4.78, 5) is 4.37. The lowest BCUT2D eigenvalue weighted by Crippen LogP contribution is -2.28. The van der Waals surface area contributed by atoms with Crippen LogP contribution >= 0.6 is 0 Å². The molecule has 1 fully saturated rings. The molecule has 2 heterocycles. The van der Waals surface area contributed by atoms with Crippen molar-refractivity contribution in [3.63, 3.8) is 0 Å². The Kier molecular flexibility index (Phi) is 3.88. The molecule has 0 bridgehead atoms. The van der Waals surface area contributed by atoms with E-state index in [0.717, 1.165) is 32.5 Å². The van der Waals surface area contributed by atoms with E-state index in [0.29, 0.717) is 0 Å². The van der Waals surface area contributed by atoms with Crippen LogP contribution in [0.1, 0.15) is 31.0 Å². The normalized spacial score (nSPS) is 22.2. The smallest absolute Gasteiger partial charge is 0.0948 e. The molecule has 106 valence electrons. The number of aryl methyl sites for hydroxylation is 2. The van der Waals surface area contributed by atoms with Crippen LogP contribution in [-0.2, 0) is 18.4 Å². The molecule has 1 unspecified atom stereocenters. The molecule has 3 rings (SSSR count). The number of benzene rings is 1. The van der Waals surface area contributed by atoms with Crippen molar-refractivity contribution in [2.45, 2.75) is 38.1 Å². The van der Waals surface area contributed by atoms with Crippen molar-refractivity contribution in [2.24, 2.45) is 0 Å². The van der Waals surface area contributed by atoms with Crippen LogP contribution < -0.4 is 5.32 Å². The van der Waals surface area contributed by atoms with Crippen LogP contribution in [0.2, 0.25) is 0 Å². The Balaban J connectivity index is 1.62. The van der Waals surface area contributed by atoms with Gasteiger partial charge in [-0.3, -0.25) is 0 Å². The molecular formula is C17H23N3. The minimum Gasteiger partial charge on any atom is -0.334 e. The fraction of sp³-hybridized carbons (Fsp3) is 0.471. The van der Waals surface area contributed by atoms with Crippen molar-refractivity contribution >= 4 is 0 Å². The molecule has 0 amide bonds. The zero-order chi connectivity index (χ0) is 13.8. The van der Waals surface area contributed by atoms with Crippen LogP contribution in [0, 0.1) is 0 Å². The summed E-state index contributed by atoms with van der Waals surface area (Å²) in [6.07, 6.45) is 7.54. The standard InChI is InChI=1S/C17H23N3/c1-17(9-10-18-13-17)16-12-19-14-20(16)11-5-8-15-6-3-2-4-7-15/h2-4,6-7,12,14,18H,5,8-11,13H2,1H3. The second kappa shape index (κ2) is 5.80. The summed E-state index contributed by atoms with van der Waals surface area (Å²) in [7, 11) is 0. The Hall–Kier alpha value is -1.61. The van der Waals surface area contributed by atoms with E-state index in [-0.39, 0.29) is 5.41 Å². The van der Waals surface area contributed by atoms with Crippen LogP contribution in [0.15, 0.2) is 42.9 Å². The monoisotopic (exact) mass is 269 g/mol. The van der Waals surface area contributed by atoms with Crippen molar-refractivity contribution < 1.29 is 0 Å². The Morgan fingerprint density at radius 2 is 2.15 bits per heavy atom. The third-order valence-electron chi connectivity index (χ3n) is 4.41. The summed E-state index contributed by atoms with van der Waals surface area (Å²) in [5.41, 5.74) is 3.06. The molecule has 0 spiro atoms. The van der Waals surface area contributed by atoms with Gasteiger partial charge in [0.05, 0.1) is 6.33 Å². The molecule has 3 heteroatoms. The number of hydrogen-bond acceptors (Lipinski definition) is 2.